The predicted molar refractivity (Wildman–Crippen MR) is 91.0 cm³/mol. The van der Waals surface area contributed by atoms with Gasteiger partial charge in [0.15, 0.2) is 10.7 Å². The molecule has 0 saturated carbocycles. The van der Waals surface area contributed by atoms with Gasteiger partial charge in [0.1, 0.15) is 5.75 Å². The Labute approximate surface area is 159 Å². The van der Waals surface area contributed by atoms with Crippen LogP contribution >= 0.6 is 23.4 Å². The number of nitrogens with zero attached hydrogens (tertiary/aromatic N) is 2. The first-order valence-corrected chi connectivity index (χ1v) is 8.40. The van der Waals surface area contributed by atoms with E-state index in [1.807, 2.05) is 0 Å². The van der Waals surface area contributed by atoms with Crippen LogP contribution in [0, 0.1) is 0 Å². The van der Waals surface area contributed by atoms with Crippen LogP contribution in [-0.4, -0.2) is 32.8 Å². The number of carbonyl (C=O) groups is 1. The highest BCUT2D eigenvalue weighted by atomic mass is 35.5. The molecular formula is C16H9ClF3N3O3S. The Kier molecular flexibility index (Phi) is 5.29. The Morgan fingerprint density at radius 3 is 2.41 bits per heavy atom. The molecule has 1 heterocycles. The van der Waals surface area contributed by atoms with Gasteiger partial charge in [-0.15, -0.1) is 18.3 Å². The van der Waals surface area contributed by atoms with Gasteiger partial charge in [-0.25, -0.2) is 4.79 Å². The summed E-state index contributed by atoms with van der Waals surface area (Å²) in [5.41, 5.74) is 1.19. The summed E-state index contributed by atoms with van der Waals surface area (Å²) in [5, 5.41) is 18.6. The molecule has 11 heteroatoms. The van der Waals surface area contributed by atoms with Gasteiger partial charge in [0.2, 0.25) is 0 Å². The zero-order chi connectivity index (χ0) is 19.6. The Morgan fingerprint density at radius 2 is 1.81 bits per heavy atom. The number of ether oxygens (including phenoxy) is 1. The van der Waals surface area contributed by atoms with Crippen LogP contribution in [0.2, 0.25) is 5.02 Å². The van der Waals surface area contributed by atoms with E-state index in [9.17, 15) is 18.0 Å². The van der Waals surface area contributed by atoms with Gasteiger partial charge in [-0.1, -0.05) is 46.8 Å². The van der Waals surface area contributed by atoms with Crippen LogP contribution in [0.25, 0.3) is 11.1 Å². The zero-order valence-corrected chi connectivity index (χ0v) is 14.7. The molecule has 1 aromatic heterocycles. The fourth-order valence-corrected chi connectivity index (χ4v) is 3.18. The number of aromatic amines is 1. The predicted octanol–water partition coefficient (Wildman–Crippen LogP) is 4.87. The molecule has 0 radical (unpaired) electrons. The zero-order valence-electron chi connectivity index (χ0n) is 13.1. The topological polar surface area (TPSA) is 88.1 Å². The third kappa shape index (κ3) is 4.72. The first-order chi connectivity index (χ1) is 12.7. The molecule has 0 fully saturated rings. The van der Waals surface area contributed by atoms with Crippen molar-refractivity contribution in [3.8, 4) is 16.9 Å². The van der Waals surface area contributed by atoms with Gasteiger partial charge in [-0.2, -0.15) is 0 Å². The van der Waals surface area contributed by atoms with Crippen LogP contribution in [-0.2, 0) is 0 Å². The number of carboxylic acids is 1. The first kappa shape index (κ1) is 19.1. The average molecular weight is 416 g/mol. The van der Waals surface area contributed by atoms with Crippen molar-refractivity contribution >= 4 is 29.3 Å². The van der Waals surface area contributed by atoms with Gasteiger partial charge in [0.05, 0.1) is 5.02 Å². The Morgan fingerprint density at radius 1 is 1.15 bits per heavy atom. The van der Waals surface area contributed by atoms with Crippen molar-refractivity contribution < 1.29 is 27.8 Å². The van der Waals surface area contributed by atoms with Gasteiger partial charge in [-0.05, 0) is 35.4 Å². The minimum Gasteiger partial charge on any atom is -0.476 e. The van der Waals surface area contributed by atoms with Gasteiger partial charge < -0.3 is 9.84 Å². The highest BCUT2D eigenvalue weighted by molar-refractivity contribution is 7.99. The van der Waals surface area contributed by atoms with E-state index in [2.05, 4.69) is 20.1 Å². The molecule has 27 heavy (non-hydrogen) atoms. The fraction of sp³-hybridized carbons (Fsp3) is 0.0625. The van der Waals surface area contributed by atoms with Crippen molar-refractivity contribution in [2.45, 2.75) is 16.3 Å². The summed E-state index contributed by atoms with van der Waals surface area (Å²) < 4.78 is 40.7. The number of rotatable bonds is 5. The van der Waals surface area contributed by atoms with Gasteiger partial charge in [0.25, 0.3) is 0 Å². The Bertz CT molecular complexity index is 977. The van der Waals surface area contributed by atoms with Gasteiger partial charge in [0, 0.05) is 4.90 Å². The molecule has 3 rings (SSSR count). The summed E-state index contributed by atoms with van der Waals surface area (Å²) in [7, 11) is 0. The van der Waals surface area contributed by atoms with Crippen LogP contribution in [0.4, 0.5) is 13.2 Å². The van der Waals surface area contributed by atoms with Crippen LogP contribution in [0.15, 0.2) is 52.4 Å². The van der Waals surface area contributed by atoms with Crippen molar-refractivity contribution in [1.29, 1.82) is 0 Å². The standard InChI is InChI=1S/C16H9ClF3N3O3S/c17-11-7-9(3-6-12(11)26-16(18,19)20)8-1-4-10(5-2-8)27-14-13(15(24)25)21-23-22-14/h1-7H,(H,24,25)(H,21,22,23). The molecule has 140 valence electrons. The lowest BCUT2D eigenvalue weighted by Crippen LogP contribution is -2.17. The maximum absolute atomic E-state index is 12.3. The highest BCUT2D eigenvalue weighted by Gasteiger charge is 2.32. The van der Waals surface area contributed by atoms with Crippen molar-refractivity contribution in [3.63, 3.8) is 0 Å². The summed E-state index contributed by atoms with van der Waals surface area (Å²) >= 11 is 6.96. The minimum atomic E-state index is -4.82. The summed E-state index contributed by atoms with van der Waals surface area (Å²) in [5.74, 6) is -1.65. The van der Waals surface area contributed by atoms with Crippen LogP contribution in [0.1, 0.15) is 10.5 Å². The van der Waals surface area contributed by atoms with Gasteiger partial charge in [-0.3, -0.25) is 5.10 Å². The molecule has 0 spiro atoms. The summed E-state index contributed by atoms with van der Waals surface area (Å²) in [6.07, 6.45) is -4.82. The number of H-pyrrole nitrogens is 1. The lowest BCUT2D eigenvalue weighted by Gasteiger charge is -2.11. The smallest absolute Gasteiger partial charge is 0.476 e. The Hall–Kier alpha value is -2.72. The molecule has 3 aromatic rings. The fourth-order valence-electron chi connectivity index (χ4n) is 2.14. The van der Waals surface area contributed by atoms with E-state index < -0.39 is 18.1 Å². The number of hydrogen-bond donors (Lipinski definition) is 2. The maximum Gasteiger partial charge on any atom is 0.573 e. The van der Waals surface area contributed by atoms with E-state index in [1.165, 1.54) is 12.1 Å². The number of carboxylic acid groups (broad SMARTS) is 1. The Balaban J connectivity index is 1.78. The number of aromatic nitrogens is 3. The SMILES string of the molecule is O=C(O)c1[nH]nnc1Sc1ccc(-c2ccc(OC(F)(F)F)c(Cl)c2)cc1. The first-order valence-electron chi connectivity index (χ1n) is 7.21. The molecule has 0 aliphatic rings. The lowest BCUT2D eigenvalue weighted by atomic mass is 10.1. The largest absolute Gasteiger partial charge is 0.573 e. The van der Waals surface area contributed by atoms with Crippen LogP contribution in [0.3, 0.4) is 0 Å². The summed E-state index contributed by atoms with van der Waals surface area (Å²) in [4.78, 5) is 11.7. The van der Waals surface area contributed by atoms with E-state index in [0.29, 0.717) is 16.0 Å². The van der Waals surface area contributed by atoms with E-state index >= 15 is 0 Å². The molecule has 0 aliphatic carbocycles. The van der Waals surface area contributed by atoms with Crippen molar-refractivity contribution in [2.24, 2.45) is 0 Å². The molecule has 0 amide bonds. The highest BCUT2D eigenvalue weighted by Crippen LogP contribution is 2.35. The minimum absolute atomic E-state index is 0.115. The van der Waals surface area contributed by atoms with Crippen LogP contribution in [0.5, 0.6) is 5.75 Å². The second-order valence-corrected chi connectivity index (χ2v) is 6.59. The van der Waals surface area contributed by atoms with E-state index in [1.54, 1.807) is 24.3 Å². The molecule has 0 saturated heterocycles. The number of nitrogens with one attached hydrogen (secondary N) is 1. The third-order valence-corrected chi connectivity index (χ3v) is 4.57. The molecule has 6 nitrogen and oxygen atoms in total. The van der Waals surface area contributed by atoms with Crippen LogP contribution < -0.4 is 4.74 Å². The molecule has 2 aromatic carbocycles. The number of hydrogen-bond acceptors (Lipinski definition) is 5. The maximum atomic E-state index is 12.3. The summed E-state index contributed by atoms with van der Waals surface area (Å²) in [6.45, 7) is 0. The van der Waals surface area contributed by atoms with E-state index in [0.717, 1.165) is 17.8 Å². The average Bonchev–Trinajstić information content (AvgIpc) is 3.05. The third-order valence-electron chi connectivity index (χ3n) is 3.29. The number of alkyl halides is 3. The molecular weight excluding hydrogens is 407 g/mol. The normalized spacial score (nSPS) is 11.4. The van der Waals surface area contributed by atoms with E-state index in [4.69, 9.17) is 16.7 Å². The quantitative estimate of drug-likeness (QED) is 0.618. The molecule has 2 N–H and O–H groups in total. The van der Waals surface area contributed by atoms with Gasteiger partial charge >= 0.3 is 12.3 Å². The molecule has 0 unspecified atom stereocenters. The molecule has 0 aliphatic heterocycles. The molecule has 0 bridgehead atoms. The number of aromatic carboxylic acids is 1. The van der Waals surface area contributed by atoms with E-state index in [-0.39, 0.29) is 15.7 Å². The number of benzene rings is 2. The van der Waals surface area contributed by atoms with Crippen molar-refractivity contribution in [1.82, 2.24) is 15.4 Å². The molecule has 0 atom stereocenters. The monoisotopic (exact) mass is 415 g/mol. The number of halogens is 4. The van der Waals surface area contributed by atoms with Crippen molar-refractivity contribution in [3.05, 3.63) is 53.2 Å². The second kappa shape index (κ2) is 7.49. The lowest BCUT2D eigenvalue weighted by molar-refractivity contribution is -0.274. The second-order valence-electron chi connectivity index (χ2n) is 5.12. The summed E-state index contributed by atoms with van der Waals surface area (Å²) in [6, 6.07) is 10.8. The van der Waals surface area contributed by atoms with Crippen molar-refractivity contribution in [2.75, 3.05) is 0 Å².